The molecule has 1 nitrogen and oxygen atoms in total. The second-order valence-corrected chi connectivity index (χ2v) is 5.49. The molecule has 0 aromatic carbocycles. The summed E-state index contributed by atoms with van der Waals surface area (Å²) in [5, 5.41) is 9.84. The zero-order valence-corrected chi connectivity index (χ0v) is 10.3. The Morgan fingerprint density at radius 2 is 1.50 bits per heavy atom. The standard InChI is InChI=1S/C15H25O/c16-15-12-5-4-10-14(15)11-6-9-13-7-2-1-3-8-13/h6,9,11,13-16H,1-5,7-8,10,12H2. The summed E-state index contributed by atoms with van der Waals surface area (Å²) in [5.41, 5.74) is 0. The van der Waals surface area contributed by atoms with Gasteiger partial charge in [0.15, 0.2) is 0 Å². The molecule has 1 heteroatoms. The third kappa shape index (κ3) is 3.62. The first kappa shape index (κ1) is 12.2. The summed E-state index contributed by atoms with van der Waals surface area (Å²) in [4.78, 5) is 0. The van der Waals surface area contributed by atoms with Gasteiger partial charge in [-0.25, -0.2) is 0 Å². The molecule has 2 aliphatic rings. The molecule has 91 valence electrons. The van der Waals surface area contributed by atoms with Crippen LogP contribution in [0.15, 0.2) is 12.2 Å². The Morgan fingerprint density at radius 1 is 0.812 bits per heavy atom. The van der Waals surface area contributed by atoms with Gasteiger partial charge in [0.05, 0.1) is 6.10 Å². The van der Waals surface area contributed by atoms with Crippen LogP contribution in [0, 0.1) is 18.3 Å². The first-order valence-corrected chi connectivity index (χ1v) is 7.06. The van der Waals surface area contributed by atoms with Crippen LogP contribution in [0.3, 0.4) is 0 Å². The summed E-state index contributed by atoms with van der Waals surface area (Å²) in [6, 6.07) is 0. The Kier molecular flexibility index (Phi) is 4.90. The first-order chi connectivity index (χ1) is 7.86. The van der Waals surface area contributed by atoms with Gasteiger partial charge in [0.2, 0.25) is 0 Å². The number of hydrogen-bond donors (Lipinski definition) is 1. The quantitative estimate of drug-likeness (QED) is 0.767. The van der Waals surface area contributed by atoms with Gasteiger partial charge in [0.1, 0.15) is 0 Å². The predicted molar refractivity (Wildman–Crippen MR) is 68.0 cm³/mol. The molecular formula is C15H25O. The smallest absolute Gasteiger partial charge is 0.0602 e. The fourth-order valence-corrected chi connectivity index (χ4v) is 3.06. The van der Waals surface area contributed by atoms with Gasteiger partial charge in [-0.2, -0.15) is 0 Å². The van der Waals surface area contributed by atoms with E-state index in [0.717, 1.165) is 12.3 Å². The maximum atomic E-state index is 9.84. The highest BCUT2D eigenvalue weighted by atomic mass is 16.3. The van der Waals surface area contributed by atoms with Crippen LogP contribution < -0.4 is 0 Å². The molecule has 0 saturated heterocycles. The van der Waals surface area contributed by atoms with Crippen LogP contribution in [0.25, 0.3) is 0 Å². The maximum Gasteiger partial charge on any atom is 0.0602 e. The summed E-state index contributed by atoms with van der Waals surface area (Å²) >= 11 is 0. The van der Waals surface area contributed by atoms with Crippen LogP contribution in [0.2, 0.25) is 0 Å². The van der Waals surface area contributed by atoms with E-state index in [1.807, 2.05) is 0 Å². The van der Waals surface area contributed by atoms with Gasteiger partial charge in [-0.05, 0) is 38.0 Å². The predicted octanol–water partition coefficient (Wildman–Crippen LogP) is 3.88. The largest absolute Gasteiger partial charge is 0.393 e. The number of allylic oxidation sites excluding steroid dienone is 1. The van der Waals surface area contributed by atoms with Crippen molar-refractivity contribution in [1.29, 1.82) is 0 Å². The molecule has 2 rings (SSSR count). The lowest BCUT2D eigenvalue weighted by Gasteiger charge is -2.25. The minimum atomic E-state index is -0.0789. The van der Waals surface area contributed by atoms with Crippen molar-refractivity contribution >= 4 is 0 Å². The minimum Gasteiger partial charge on any atom is -0.393 e. The average Bonchev–Trinajstić information content (AvgIpc) is 2.33. The van der Waals surface area contributed by atoms with Crippen molar-refractivity contribution < 1.29 is 5.11 Å². The fourth-order valence-electron chi connectivity index (χ4n) is 3.06. The van der Waals surface area contributed by atoms with Crippen LogP contribution in [-0.4, -0.2) is 11.2 Å². The molecule has 0 spiro atoms. The molecule has 2 atom stereocenters. The Labute approximate surface area is 99.9 Å². The maximum absolute atomic E-state index is 9.84. The van der Waals surface area contributed by atoms with Gasteiger partial charge in [-0.15, -0.1) is 0 Å². The van der Waals surface area contributed by atoms with Crippen LogP contribution in [0.5, 0.6) is 0 Å². The topological polar surface area (TPSA) is 20.2 Å². The highest BCUT2D eigenvalue weighted by molar-refractivity contribution is 5.03. The fraction of sp³-hybridized carbons (Fsp3) is 0.800. The van der Waals surface area contributed by atoms with Crippen molar-refractivity contribution in [2.45, 2.75) is 63.9 Å². The van der Waals surface area contributed by atoms with E-state index in [4.69, 9.17) is 0 Å². The number of aliphatic hydroxyl groups is 1. The summed E-state index contributed by atoms with van der Waals surface area (Å²) < 4.78 is 0. The average molecular weight is 221 g/mol. The molecule has 1 radical (unpaired) electrons. The molecular weight excluding hydrogens is 196 g/mol. The number of aliphatic hydroxyl groups excluding tert-OH is 1. The highest BCUT2D eigenvalue weighted by Gasteiger charge is 2.20. The van der Waals surface area contributed by atoms with E-state index >= 15 is 0 Å². The van der Waals surface area contributed by atoms with Crippen LogP contribution in [-0.2, 0) is 0 Å². The van der Waals surface area contributed by atoms with Crippen LogP contribution >= 0.6 is 0 Å². The van der Waals surface area contributed by atoms with Gasteiger partial charge in [-0.1, -0.05) is 44.3 Å². The first-order valence-electron chi connectivity index (χ1n) is 7.06. The summed E-state index contributed by atoms with van der Waals surface area (Å²) in [5.74, 6) is 1.24. The lowest BCUT2D eigenvalue weighted by molar-refractivity contribution is 0.0927. The molecule has 0 heterocycles. The number of hydrogen-bond acceptors (Lipinski definition) is 1. The molecule has 0 bridgehead atoms. The van der Waals surface area contributed by atoms with Crippen molar-refractivity contribution in [3.8, 4) is 0 Å². The van der Waals surface area contributed by atoms with Gasteiger partial charge in [-0.3, -0.25) is 0 Å². The van der Waals surface area contributed by atoms with Gasteiger partial charge >= 0.3 is 0 Å². The Balaban J connectivity index is 1.70. The zero-order valence-electron chi connectivity index (χ0n) is 10.3. The minimum absolute atomic E-state index is 0.0789. The van der Waals surface area contributed by atoms with E-state index in [-0.39, 0.29) is 6.10 Å². The lowest BCUT2D eigenvalue weighted by Crippen LogP contribution is -2.22. The van der Waals surface area contributed by atoms with Crippen molar-refractivity contribution in [3.63, 3.8) is 0 Å². The van der Waals surface area contributed by atoms with E-state index in [1.165, 1.54) is 51.4 Å². The van der Waals surface area contributed by atoms with Gasteiger partial charge in [0.25, 0.3) is 0 Å². The molecule has 2 saturated carbocycles. The second-order valence-electron chi connectivity index (χ2n) is 5.49. The van der Waals surface area contributed by atoms with E-state index in [2.05, 4.69) is 18.6 Å². The lowest BCUT2D eigenvalue weighted by atomic mass is 9.84. The summed E-state index contributed by atoms with van der Waals surface area (Å²) in [6.07, 6.45) is 18.4. The molecule has 1 N–H and O–H groups in total. The SMILES string of the molecule is OC1CCCCC1C=C[CH]C1CCCCC1. The van der Waals surface area contributed by atoms with Crippen molar-refractivity contribution in [3.05, 3.63) is 18.6 Å². The molecule has 0 aliphatic heterocycles. The van der Waals surface area contributed by atoms with Gasteiger partial charge < -0.3 is 5.11 Å². The van der Waals surface area contributed by atoms with E-state index in [1.54, 1.807) is 0 Å². The third-order valence-corrected chi connectivity index (χ3v) is 4.17. The molecule has 2 fully saturated rings. The monoisotopic (exact) mass is 221 g/mol. The molecule has 2 aliphatic carbocycles. The molecule has 0 aromatic rings. The van der Waals surface area contributed by atoms with Crippen molar-refractivity contribution in [1.82, 2.24) is 0 Å². The van der Waals surface area contributed by atoms with Crippen molar-refractivity contribution in [2.24, 2.45) is 11.8 Å². The van der Waals surface area contributed by atoms with Crippen LogP contribution in [0.1, 0.15) is 57.8 Å². The Morgan fingerprint density at radius 3 is 2.25 bits per heavy atom. The third-order valence-electron chi connectivity index (χ3n) is 4.17. The summed E-state index contributed by atoms with van der Waals surface area (Å²) in [6.45, 7) is 0. The molecule has 16 heavy (non-hydrogen) atoms. The Hall–Kier alpha value is -0.300. The van der Waals surface area contributed by atoms with E-state index in [0.29, 0.717) is 5.92 Å². The Bertz CT molecular complexity index is 215. The highest BCUT2D eigenvalue weighted by Crippen LogP contribution is 2.28. The number of rotatable bonds is 3. The zero-order chi connectivity index (χ0) is 11.2. The molecule has 2 unspecified atom stereocenters. The summed E-state index contributed by atoms with van der Waals surface area (Å²) in [7, 11) is 0. The molecule has 0 amide bonds. The molecule has 0 aromatic heterocycles. The van der Waals surface area contributed by atoms with E-state index in [9.17, 15) is 5.11 Å². The van der Waals surface area contributed by atoms with Crippen LogP contribution in [0.4, 0.5) is 0 Å². The normalized spacial score (nSPS) is 33.3. The second kappa shape index (κ2) is 6.44. The van der Waals surface area contributed by atoms with Gasteiger partial charge in [0, 0.05) is 5.92 Å². The van der Waals surface area contributed by atoms with Crippen molar-refractivity contribution in [2.75, 3.05) is 0 Å². The van der Waals surface area contributed by atoms with E-state index < -0.39 is 0 Å².